The molecule has 19 heavy (non-hydrogen) atoms. The zero-order chi connectivity index (χ0) is 13.9. The molecule has 0 amide bonds. The Kier molecular flexibility index (Phi) is 4.06. The molecule has 0 spiro atoms. The summed E-state index contributed by atoms with van der Waals surface area (Å²) in [6.07, 6.45) is 1.02. The van der Waals surface area contributed by atoms with E-state index < -0.39 is 10.2 Å². The number of rotatable bonds is 4. The summed E-state index contributed by atoms with van der Waals surface area (Å²) in [5.74, 6) is 0.817. The molecule has 0 bridgehead atoms. The minimum Gasteiger partial charge on any atom is -0.370 e. The molecule has 0 fully saturated rings. The summed E-state index contributed by atoms with van der Waals surface area (Å²) < 4.78 is 27.2. The second-order valence-corrected chi connectivity index (χ2v) is 6.37. The van der Waals surface area contributed by atoms with Crippen molar-refractivity contribution in [1.29, 1.82) is 0 Å². The van der Waals surface area contributed by atoms with Crippen LogP contribution in [0.4, 0.5) is 5.69 Å². The molecular weight excluding hydrogens is 264 g/mol. The lowest BCUT2D eigenvalue weighted by molar-refractivity contribution is 0.527. The van der Waals surface area contributed by atoms with Crippen LogP contribution >= 0.6 is 0 Å². The number of nitrogens with one attached hydrogen (secondary N) is 2. The van der Waals surface area contributed by atoms with E-state index in [0.717, 1.165) is 35.2 Å². The summed E-state index contributed by atoms with van der Waals surface area (Å²) in [6, 6.07) is 7.21. The van der Waals surface area contributed by atoms with E-state index in [1.54, 1.807) is 12.1 Å². The van der Waals surface area contributed by atoms with Crippen molar-refractivity contribution in [3.63, 3.8) is 0 Å². The first-order chi connectivity index (χ1) is 8.99. The Hall–Kier alpha value is -1.60. The predicted octanol–water partition coefficient (Wildman–Crippen LogP) is 0.645. The zero-order valence-corrected chi connectivity index (χ0v) is 11.9. The minimum atomic E-state index is -3.48. The van der Waals surface area contributed by atoms with E-state index in [9.17, 15) is 8.42 Å². The van der Waals surface area contributed by atoms with Crippen LogP contribution in [0.25, 0.3) is 0 Å². The SMILES string of the molecule is CN(C)S(=O)(=O)Nc1cccc(C2=NCCCN2)c1. The highest BCUT2D eigenvalue weighted by Crippen LogP contribution is 2.14. The molecule has 7 heteroatoms. The number of anilines is 1. The van der Waals surface area contributed by atoms with Crippen LogP contribution < -0.4 is 10.0 Å². The molecule has 0 atom stereocenters. The van der Waals surface area contributed by atoms with Gasteiger partial charge in [0.25, 0.3) is 0 Å². The molecule has 0 radical (unpaired) electrons. The normalized spacial score (nSPS) is 15.8. The van der Waals surface area contributed by atoms with Crippen LogP contribution in [0.3, 0.4) is 0 Å². The number of hydrogen-bond acceptors (Lipinski definition) is 4. The van der Waals surface area contributed by atoms with Crippen molar-refractivity contribution in [2.45, 2.75) is 6.42 Å². The molecule has 1 heterocycles. The number of amidine groups is 1. The third-order valence-corrected chi connectivity index (χ3v) is 4.22. The summed E-state index contributed by atoms with van der Waals surface area (Å²) in [4.78, 5) is 4.39. The number of benzene rings is 1. The Labute approximate surface area is 113 Å². The first kappa shape index (κ1) is 13.8. The number of nitrogens with zero attached hydrogens (tertiary/aromatic N) is 2. The second-order valence-electron chi connectivity index (χ2n) is 4.48. The molecule has 0 unspecified atom stereocenters. The van der Waals surface area contributed by atoms with Crippen LogP contribution in [0.1, 0.15) is 12.0 Å². The average Bonchev–Trinajstić information content (AvgIpc) is 2.39. The lowest BCUT2D eigenvalue weighted by Gasteiger charge is -2.17. The lowest BCUT2D eigenvalue weighted by atomic mass is 10.1. The Morgan fingerprint density at radius 1 is 1.37 bits per heavy atom. The first-order valence-electron chi connectivity index (χ1n) is 6.08. The molecule has 0 aromatic heterocycles. The van der Waals surface area contributed by atoms with Crippen molar-refractivity contribution < 1.29 is 8.42 Å². The molecule has 2 rings (SSSR count). The molecule has 6 nitrogen and oxygen atoms in total. The van der Waals surface area contributed by atoms with Crippen LogP contribution in [0.5, 0.6) is 0 Å². The van der Waals surface area contributed by atoms with Gasteiger partial charge in [0.15, 0.2) is 0 Å². The quantitative estimate of drug-likeness (QED) is 0.851. The Morgan fingerprint density at radius 2 is 2.16 bits per heavy atom. The maximum absolute atomic E-state index is 11.8. The monoisotopic (exact) mass is 282 g/mol. The van der Waals surface area contributed by atoms with Gasteiger partial charge in [-0.3, -0.25) is 9.71 Å². The van der Waals surface area contributed by atoms with Crippen LogP contribution in [0, 0.1) is 0 Å². The van der Waals surface area contributed by atoms with Crippen molar-refractivity contribution in [2.24, 2.45) is 4.99 Å². The molecule has 0 aliphatic carbocycles. The summed E-state index contributed by atoms with van der Waals surface area (Å²) in [7, 11) is -0.506. The maximum Gasteiger partial charge on any atom is 0.301 e. The smallest absolute Gasteiger partial charge is 0.301 e. The highest BCUT2D eigenvalue weighted by molar-refractivity contribution is 7.90. The van der Waals surface area contributed by atoms with Gasteiger partial charge in [-0.1, -0.05) is 12.1 Å². The molecule has 0 saturated heterocycles. The third kappa shape index (κ3) is 3.45. The van der Waals surface area contributed by atoms with Gasteiger partial charge in [0.2, 0.25) is 0 Å². The lowest BCUT2D eigenvalue weighted by Crippen LogP contribution is -2.31. The van der Waals surface area contributed by atoms with Crippen LogP contribution in [-0.2, 0) is 10.2 Å². The molecule has 1 aromatic carbocycles. The van der Waals surface area contributed by atoms with E-state index in [-0.39, 0.29) is 0 Å². The van der Waals surface area contributed by atoms with E-state index in [2.05, 4.69) is 15.0 Å². The van der Waals surface area contributed by atoms with Gasteiger partial charge in [0, 0.05) is 32.7 Å². The summed E-state index contributed by atoms with van der Waals surface area (Å²) >= 11 is 0. The van der Waals surface area contributed by atoms with Gasteiger partial charge in [-0.05, 0) is 18.6 Å². The van der Waals surface area contributed by atoms with Crippen molar-refractivity contribution in [2.75, 3.05) is 31.9 Å². The maximum atomic E-state index is 11.8. The van der Waals surface area contributed by atoms with E-state index in [1.807, 2.05) is 12.1 Å². The fourth-order valence-electron chi connectivity index (χ4n) is 1.70. The van der Waals surface area contributed by atoms with Gasteiger partial charge in [0.1, 0.15) is 5.84 Å². The van der Waals surface area contributed by atoms with Gasteiger partial charge >= 0.3 is 10.2 Å². The Bertz CT molecular complexity index is 581. The summed E-state index contributed by atoms with van der Waals surface area (Å²) in [6.45, 7) is 1.70. The van der Waals surface area contributed by atoms with Gasteiger partial charge < -0.3 is 5.32 Å². The van der Waals surface area contributed by atoms with E-state index in [4.69, 9.17) is 0 Å². The van der Waals surface area contributed by atoms with Crippen LogP contribution in [0.2, 0.25) is 0 Å². The largest absolute Gasteiger partial charge is 0.370 e. The Balaban J connectivity index is 2.22. The highest BCUT2D eigenvalue weighted by Gasteiger charge is 2.14. The van der Waals surface area contributed by atoms with Gasteiger partial charge in [-0.25, -0.2) is 0 Å². The first-order valence-corrected chi connectivity index (χ1v) is 7.52. The standard InChI is InChI=1S/C12H18N4O2S/c1-16(2)19(17,18)15-11-6-3-5-10(9-11)12-13-7-4-8-14-12/h3,5-6,9,15H,4,7-8H2,1-2H3,(H,13,14). The second kappa shape index (κ2) is 5.58. The Morgan fingerprint density at radius 3 is 2.79 bits per heavy atom. The average molecular weight is 282 g/mol. The highest BCUT2D eigenvalue weighted by atomic mass is 32.2. The molecule has 1 aromatic rings. The molecular formula is C12H18N4O2S. The fourth-order valence-corrected chi connectivity index (χ4v) is 2.30. The van der Waals surface area contributed by atoms with Crippen molar-refractivity contribution >= 4 is 21.7 Å². The van der Waals surface area contributed by atoms with Crippen LogP contribution in [0.15, 0.2) is 29.3 Å². The predicted molar refractivity (Wildman–Crippen MR) is 76.7 cm³/mol. The third-order valence-electron chi connectivity index (χ3n) is 2.76. The van der Waals surface area contributed by atoms with E-state index in [0.29, 0.717) is 5.69 Å². The minimum absolute atomic E-state index is 0.529. The van der Waals surface area contributed by atoms with Crippen molar-refractivity contribution in [1.82, 2.24) is 9.62 Å². The van der Waals surface area contributed by atoms with Gasteiger partial charge in [0.05, 0.1) is 5.69 Å². The topological polar surface area (TPSA) is 73.8 Å². The van der Waals surface area contributed by atoms with Gasteiger partial charge in [-0.2, -0.15) is 12.7 Å². The molecule has 1 aliphatic rings. The number of aliphatic imine (C=N–C) groups is 1. The van der Waals surface area contributed by atoms with E-state index in [1.165, 1.54) is 14.1 Å². The van der Waals surface area contributed by atoms with Gasteiger partial charge in [-0.15, -0.1) is 0 Å². The zero-order valence-electron chi connectivity index (χ0n) is 11.0. The molecule has 0 saturated carbocycles. The number of hydrogen-bond donors (Lipinski definition) is 2. The van der Waals surface area contributed by atoms with Crippen molar-refractivity contribution in [3.05, 3.63) is 29.8 Å². The van der Waals surface area contributed by atoms with E-state index >= 15 is 0 Å². The van der Waals surface area contributed by atoms with Crippen LogP contribution in [-0.4, -0.2) is 45.7 Å². The summed E-state index contributed by atoms with van der Waals surface area (Å²) in [5, 5.41) is 3.21. The molecule has 2 N–H and O–H groups in total. The van der Waals surface area contributed by atoms with Crippen molar-refractivity contribution in [3.8, 4) is 0 Å². The summed E-state index contributed by atoms with van der Waals surface area (Å²) in [5.41, 5.74) is 1.42. The fraction of sp³-hybridized carbons (Fsp3) is 0.417. The molecule has 104 valence electrons. The molecule has 1 aliphatic heterocycles.